The zero-order valence-corrected chi connectivity index (χ0v) is 10.0. The summed E-state index contributed by atoms with van der Waals surface area (Å²) in [4.78, 5) is 19.2. The van der Waals surface area contributed by atoms with Gasteiger partial charge in [0.25, 0.3) is 5.69 Å². The van der Waals surface area contributed by atoms with E-state index in [1.807, 2.05) is 0 Å². The van der Waals surface area contributed by atoms with Crippen LogP contribution >= 0.6 is 11.6 Å². The first-order valence-electron chi connectivity index (χ1n) is 5.13. The van der Waals surface area contributed by atoms with Crippen LogP contribution in [0.15, 0.2) is 30.6 Å². The molecule has 0 N–H and O–H groups in total. The number of pyridine rings is 2. The molecule has 3 aromatic heterocycles. The average Bonchev–Trinajstić information content (AvgIpc) is 2.81. The predicted octanol–water partition coefficient (Wildman–Crippen LogP) is 1.77. The highest BCUT2D eigenvalue weighted by Gasteiger charge is 2.14. The minimum atomic E-state index is -0.572. The number of fused-ring (bicyclic) bond motifs is 1. The van der Waals surface area contributed by atoms with Gasteiger partial charge in [-0.25, -0.2) is 9.97 Å². The van der Waals surface area contributed by atoms with Gasteiger partial charge in [-0.1, -0.05) is 11.6 Å². The normalized spacial score (nSPS) is 10.8. The van der Waals surface area contributed by atoms with Crippen LogP contribution in [-0.2, 0) is 0 Å². The zero-order chi connectivity index (χ0) is 13.4. The van der Waals surface area contributed by atoms with Crippen molar-refractivity contribution in [1.82, 2.24) is 25.0 Å². The fraction of sp³-hybridized carbons (Fsp3) is 0. The molecule has 3 aromatic rings. The predicted molar refractivity (Wildman–Crippen MR) is 66.1 cm³/mol. The molecule has 0 saturated heterocycles. The lowest BCUT2D eigenvalue weighted by Gasteiger charge is -2.00. The summed E-state index contributed by atoms with van der Waals surface area (Å²) in [6.45, 7) is 0. The largest absolute Gasteiger partial charge is 0.289 e. The summed E-state index contributed by atoms with van der Waals surface area (Å²) in [5.41, 5.74) is 0.834. The summed E-state index contributed by atoms with van der Waals surface area (Å²) in [6, 6.07) is 4.67. The molecule has 0 saturated carbocycles. The van der Waals surface area contributed by atoms with Gasteiger partial charge in [-0.2, -0.15) is 0 Å². The Kier molecular flexibility index (Phi) is 2.57. The number of hydrogen-bond donors (Lipinski definition) is 0. The third kappa shape index (κ3) is 1.97. The molecule has 0 fully saturated rings. The zero-order valence-electron chi connectivity index (χ0n) is 9.26. The van der Waals surface area contributed by atoms with Crippen molar-refractivity contribution in [1.29, 1.82) is 0 Å². The number of halogens is 1. The quantitative estimate of drug-likeness (QED) is 0.522. The van der Waals surface area contributed by atoms with Crippen LogP contribution in [0, 0.1) is 10.1 Å². The van der Waals surface area contributed by atoms with E-state index < -0.39 is 4.92 Å². The molecule has 0 aliphatic rings. The van der Waals surface area contributed by atoms with E-state index in [-0.39, 0.29) is 16.5 Å². The standard InChI is InChI=1S/C10H5ClN6O2/c11-7-4-6(17(18)19)5-13-10(7)16-14-8-2-1-3-12-9(8)15-16/h1-5H. The van der Waals surface area contributed by atoms with Crippen LogP contribution in [-0.4, -0.2) is 29.9 Å². The van der Waals surface area contributed by atoms with Crippen LogP contribution in [0.25, 0.3) is 17.0 Å². The summed E-state index contributed by atoms with van der Waals surface area (Å²) in [5, 5.41) is 18.9. The van der Waals surface area contributed by atoms with Gasteiger partial charge in [-0.15, -0.1) is 15.0 Å². The maximum Gasteiger partial charge on any atom is 0.289 e. The first kappa shape index (κ1) is 11.5. The molecule has 9 heteroatoms. The second-order valence-electron chi connectivity index (χ2n) is 3.59. The lowest BCUT2D eigenvalue weighted by atomic mass is 10.4. The van der Waals surface area contributed by atoms with Crippen LogP contribution < -0.4 is 0 Å². The highest BCUT2D eigenvalue weighted by molar-refractivity contribution is 6.32. The first-order chi connectivity index (χ1) is 9.15. The monoisotopic (exact) mass is 276 g/mol. The van der Waals surface area contributed by atoms with Gasteiger partial charge in [-0.3, -0.25) is 10.1 Å². The van der Waals surface area contributed by atoms with Gasteiger partial charge in [0.05, 0.1) is 9.95 Å². The van der Waals surface area contributed by atoms with Crippen LogP contribution in [0.3, 0.4) is 0 Å². The molecule has 0 spiro atoms. The van der Waals surface area contributed by atoms with E-state index in [4.69, 9.17) is 11.6 Å². The number of nitrogens with zero attached hydrogens (tertiary/aromatic N) is 6. The Morgan fingerprint density at radius 2 is 2.16 bits per heavy atom. The number of hydrogen-bond acceptors (Lipinski definition) is 6. The molecule has 0 bridgehead atoms. The molecule has 0 unspecified atom stereocenters. The third-order valence-corrected chi connectivity index (χ3v) is 2.64. The van der Waals surface area contributed by atoms with Crippen LogP contribution in [0.4, 0.5) is 5.69 Å². The van der Waals surface area contributed by atoms with Crippen molar-refractivity contribution in [2.45, 2.75) is 0 Å². The average molecular weight is 277 g/mol. The maximum atomic E-state index is 10.6. The fourth-order valence-electron chi connectivity index (χ4n) is 1.52. The highest BCUT2D eigenvalue weighted by Crippen LogP contribution is 2.22. The van der Waals surface area contributed by atoms with E-state index in [1.54, 1.807) is 18.3 Å². The van der Waals surface area contributed by atoms with Crippen molar-refractivity contribution in [3.8, 4) is 5.82 Å². The van der Waals surface area contributed by atoms with E-state index in [2.05, 4.69) is 20.2 Å². The molecule has 19 heavy (non-hydrogen) atoms. The lowest BCUT2D eigenvalue weighted by molar-refractivity contribution is -0.385. The van der Waals surface area contributed by atoms with Crippen molar-refractivity contribution in [3.05, 3.63) is 45.7 Å². The molecule has 0 amide bonds. The Morgan fingerprint density at radius 1 is 1.32 bits per heavy atom. The lowest BCUT2D eigenvalue weighted by Crippen LogP contribution is -2.03. The highest BCUT2D eigenvalue weighted by atomic mass is 35.5. The van der Waals surface area contributed by atoms with E-state index in [0.29, 0.717) is 11.2 Å². The van der Waals surface area contributed by atoms with Gasteiger partial charge >= 0.3 is 0 Å². The Morgan fingerprint density at radius 3 is 2.84 bits per heavy atom. The van der Waals surface area contributed by atoms with Gasteiger partial charge in [-0.05, 0) is 12.1 Å². The third-order valence-electron chi connectivity index (χ3n) is 2.37. The number of aromatic nitrogens is 5. The van der Waals surface area contributed by atoms with E-state index >= 15 is 0 Å². The second-order valence-corrected chi connectivity index (χ2v) is 4.00. The maximum absolute atomic E-state index is 10.6. The van der Waals surface area contributed by atoms with Gasteiger partial charge < -0.3 is 0 Å². The molecule has 0 atom stereocenters. The molecule has 0 aromatic carbocycles. The van der Waals surface area contributed by atoms with Crippen LogP contribution in [0.2, 0.25) is 5.02 Å². The number of rotatable bonds is 2. The summed E-state index contributed by atoms with van der Waals surface area (Å²) < 4.78 is 0. The topological polar surface area (TPSA) is 99.6 Å². The van der Waals surface area contributed by atoms with Crippen molar-refractivity contribution in [3.63, 3.8) is 0 Å². The Hall–Kier alpha value is -2.61. The SMILES string of the molecule is O=[N+]([O-])c1cnc(-n2nc3cccnc3n2)c(Cl)c1. The van der Waals surface area contributed by atoms with Gasteiger partial charge in [0.2, 0.25) is 5.65 Å². The molecule has 0 aliphatic heterocycles. The molecule has 3 heterocycles. The second kappa shape index (κ2) is 4.25. The molecule has 3 rings (SSSR count). The van der Waals surface area contributed by atoms with Gasteiger partial charge in [0.15, 0.2) is 5.82 Å². The van der Waals surface area contributed by atoms with Crippen LogP contribution in [0.1, 0.15) is 0 Å². The van der Waals surface area contributed by atoms with Crippen LogP contribution in [0.5, 0.6) is 0 Å². The molecule has 94 valence electrons. The van der Waals surface area contributed by atoms with E-state index in [9.17, 15) is 10.1 Å². The molecule has 0 radical (unpaired) electrons. The van der Waals surface area contributed by atoms with E-state index in [1.165, 1.54) is 10.9 Å². The Labute approximate surface area is 110 Å². The molecule has 0 aliphatic carbocycles. The summed E-state index contributed by atoms with van der Waals surface area (Å²) in [6.07, 6.45) is 2.69. The minimum absolute atomic E-state index is 0.0921. The molecular weight excluding hydrogens is 272 g/mol. The first-order valence-corrected chi connectivity index (χ1v) is 5.51. The summed E-state index contributed by atoms with van der Waals surface area (Å²) in [7, 11) is 0. The van der Waals surface area contributed by atoms with Gasteiger partial charge in [0, 0.05) is 12.3 Å². The summed E-state index contributed by atoms with van der Waals surface area (Å²) in [5.74, 6) is 0.213. The van der Waals surface area contributed by atoms with E-state index in [0.717, 1.165) is 6.20 Å². The van der Waals surface area contributed by atoms with Crippen molar-refractivity contribution in [2.75, 3.05) is 0 Å². The molecular formula is C10H5ClN6O2. The van der Waals surface area contributed by atoms with Gasteiger partial charge in [0.1, 0.15) is 11.7 Å². The Bertz CT molecular complexity index is 754. The van der Waals surface area contributed by atoms with Crippen molar-refractivity contribution >= 4 is 28.5 Å². The molecule has 8 nitrogen and oxygen atoms in total. The summed E-state index contributed by atoms with van der Waals surface area (Å²) >= 11 is 5.95. The smallest absolute Gasteiger partial charge is 0.258 e. The van der Waals surface area contributed by atoms with Crippen molar-refractivity contribution in [2.24, 2.45) is 0 Å². The van der Waals surface area contributed by atoms with Crippen molar-refractivity contribution < 1.29 is 4.92 Å². The fourth-order valence-corrected chi connectivity index (χ4v) is 1.76. The Balaban J connectivity index is 2.13. The minimum Gasteiger partial charge on any atom is -0.258 e. The number of nitro groups is 1.